The molecule has 0 aliphatic carbocycles. The van der Waals surface area contributed by atoms with Crippen LogP contribution in [-0.4, -0.2) is 17.0 Å². The Hall–Kier alpha value is -2.56. The maximum atomic E-state index is 12.3. The maximum absolute atomic E-state index is 12.3. The molecule has 1 aromatic carbocycles. The number of fused-ring (bicyclic) bond motifs is 1. The van der Waals surface area contributed by atoms with Gasteiger partial charge in [0.15, 0.2) is 0 Å². The lowest BCUT2D eigenvalue weighted by atomic mass is 10.0. The second-order valence-corrected chi connectivity index (χ2v) is 4.88. The molecule has 0 spiro atoms. The third-order valence-electron chi connectivity index (χ3n) is 3.50. The van der Waals surface area contributed by atoms with Gasteiger partial charge in [0, 0.05) is 31.5 Å². The van der Waals surface area contributed by atoms with Crippen LogP contribution in [0.5, 0.6) is 0 Å². The summed E-state index contributed by atoms with van der Waals surface area (Å²) in [5.41, 5.74) is 2.54. The number of carbonyl (C=O) groups excluding carboxylic acids is 1. The maximum Gasteiger partial charge on any atom is 0.250 e. The van der Waals surface area contributed by atoms with Crippen molar-refractivity contribution >= 4 is 17.3 Å². The molecule has 1 aliphatic heterocycles. The molecule has 0 bridgehead atoms. The topological polar surface area (TPSA) is 63.1 Å². The Labute approximate surface area is 116 Å². The first-order valence-electron chi connectivity index (χ1n) is 6.45. The number of hydrogen-bond acceptors (Lipinski definition) is 3. The molecule has 2 heterocycles. The van der Waals surface area contributed by atoms with E-state index >= 15 is 0 Å². The van der Waals surface area contributed by atoms with Gasteiger partial charge in [0.2, 0.25) is 11.5 Å². The van der Waals surface area contributed by atoms with E-state index in [1.54, 1.807) is 19.3 Å². The van der Waals surface area contributed by atoms with E-state index in [1.807, 2.05) is 24.3 Å². The lowest BCUT2D eigenvalue weighted by Gasteiger charge is -2.11. The lowest BCUT2D eigenvalue weighted by Crippen LogP contribution is -2.24. The second-order valence-electron chi connectivity index (χ2n) is 4.88. The zero-order chi connectivity index (χ0) is 14.1. The van der Waals surface area contributed by atoms with Crippen LogP contribution in [-0.2, 0) is 11.8 Å². The van der Waals surface area contributed by atoms with Gasteiger partial charge in [-0.3, -0.25) is 9.59 Å². The predicted molar refractivity (Wildman–Crippen MR) is 78.0 cm³/mol. The summed E-state index contributed by atoms with van der Waals surface area (Å²) in [5, 5.41) is 6.08. The number of benzene rings is 1. The molecule has 1 aromatic heterocycles. The van der Waals surface area contributed by atoms with Crippen LogP contribution in [0, 0.1) is 0 Å². The quantitative estimate of drug-likeness (QED) is 0.869. The summed E-state index contributed by atoms with van der Waals surface area (Å²) in [7, 11) is 1.66. The number of amides is 1. The summed E-state index contributed by atoms with van der Waals surface area (Å²) >= 11 is 0. The molecular formula is C15H15N3O2. The fourth-order valence-corrected chi connectivity index (χ4v) is 2.41. The number of anilines is 2. The van der Waals surface area contributed by atoms with E-state index in [4.69, 9.17) is 0 Å². The minimum atomic E-state index is -0.205. The summed E-state index contributed by atoms with van der Waals surface area (Å²) < 4.78 is 1.44. The van der Waals surface area contributed by atoms with Crippen molar-refractivity contribution in [3.05, 3.63) is 58.5 Å². The van der Waals surface area contributed by atoms with E-state index in [1.165, 1.54) is 10.6 Å². The Kier molecular flexibility index (Phi) is 3.02. The number of rotatable bonds is 2. The van der Waals surface area contributed by atoms with E-state index in [0.29, 0.717) is 12.2 Å². The summed E-state index contributed by atoms with van der Waals surface area (Å²) in [6, 6.07) is 10.9. The third kappa shape index (κ3) is 2.18. The summed E-state index contributed by atoms with van der Waals surface area (Å²) in [6.07, 6.45) is 1.62. The minimum absolute atomic E-state index is 0.0684. The van der Waals surface area contributed by atoms with Crippen molar-refractivity contribution in [3.8, 4) is 0 Å². The molecule has 1 atom stereocenters. The molecule has 3 rings (SSSR count). The zero-order valence-corrected chi connectivity index (χ0v) is 11.1. The largest absolute Gasteiger partial charge is 0.384 e. The van der Waals surface area contributed by atoms with E-state index in [0.717, 1.165) is 11.3 Å². The molecule has 0 saturated carbocycles. The van der Waals surface area contributed by atoms with Gasteiger partial charge in [0.25, 0.3) is 0 Å². The fourth-order valence-electron chi connectivity index (χ4n) is 2.41. The highest BCUT2D eigenvalue weighted by Gasteiger charge is 2.28. The predicted octanol–water partition coefficient (Wildman–Crippen LogP) is 1.53. The van der Waals surface area contributed by atoms with Crippen LogP contribution in [0.15, 0.2) is 47.4 Å². The first-order chi connectivity index (χ1) is 9.65. The Balaban J connectivity index is 1.81. The number of aromatic nitrogens is 1. The first-order valence-corrected chi connectivity index (χ1v) is 6.45. The average molecular weight is 269 g/mol. The number of nitrogens with zero attached hydrogens (tertiary/aromatic N) is 1. The molecule has 5 heteroatoms. The molecule has 2 aromatic rings. The standard InChI is InChI=1S/C15H15N3O2/c1-18-9-10(6-7-14(18)19)17-15(20)12-8-16-13-5-3-2-4-11(12)13/h2-7,9,12,16H,8H2,1H3,(H,17,20). The summed E-state index contributed by atoms with van der Waals surface area (Å²) in [6.45, 7) is 0.594. The summed E-state index contributed by atoms with van der Waals surface area (Å²) in [4.78, 5) is 23.7. The van der Waals surface area contributed by atoms with Crippen LogP contribution in [0.3, 0.4) is 0 Å². The molecule has 0 fully saturated rings. The molecule has 5 nitrogen and oxygen atoms in total. The number of aryl methyl sites for hydroxylation is 1. The van der Waals surface area contributed by atoms with E-state index in [2.05, 4.69) is 10.6 Å². The highest BCUT2D eigenvalue weighted by atomic mass is 16.2. The molecule has 0 saturated heterocycles. The molecule has 0 radical (unpaired) electrons. The van der Waals surface area contributed by atoms with Crippen LogP contribution >= 0.6 is 0 Å². The van der Waals surface area contributed by atoms with Crippen molar-refractivity contribution in [3.63, 3.8) is 0 Å². The van der Waals surface area contributed by atoms with Gasteiger partial charge in [-0.2, -0.15) is 0 Å². The van der Waals surface area contributed by atoms with E-state index in [-0.39, 0.29) is 17.4 Å². The number of nitrogens with one attached hydrogen (secondary N) is 2. The van der Waals surface area contributed by atoms with Crippen LogP contribution in [0.25, 0.3) is 0 Å². The van der Waals surface area contributed by atoms with Gasteiger partial charge in [-0.05, 0) is 17.7 Å². The third-order valence-corrected chi connectivity index (χ3v) is 3.50. The van der Waals surface area contributed by atoms with Gasteiger partial charge in [0.05, 0.1) is 11.6 Å². The number of pyridine rings is 1. The van der Waals surface area contributed by atoms with Gasteiger partial charge in [-0.1, -0.05) is 18.2 Å². The number of hydrogen-bond donors (Lipinski definition) is 2. The average Bonchev–Trinajstić information content (AvgIpc) is 2.87. The Morgan fingerprint density at radius 2 is 2.10 bits per heavy atom. The zero-order valence-electron chi connectivity index (χ0n) is 11.1. The van der Waals surface area contributed by atoms with Crippen LogP contribution in [0.2, 0.25) is 0 Å². The van der Waals surface area contributed by atoms with Gasteiger partial charge < -0.3 is 15.2 Å². The highest BCUT2D eigenvalue weighted by Crippen LogP contribution is 2.31. The summed E-state index contributed by atoms with van der Waals surface area (Å²) in [5.74, 6) is -0.274. The molecule has 1 aliphatic rings. The van der Waals surface area contributed by atoms with Crippen molar-refractivity contribution < 1.29 is 4.79 Å². The Morgan fingerprint density at radius 1 is 1.30 bits per heavy atom. The van der Waals surface area contributed by atoms with Gasteiger partial charge in [0.1, 0.15) is 0 Å². The molecule has 1 unspecified atom stereocenters. The molecule has 2 N–H and O–H groups in total. The number of para-hydroxylation sites is 1. The molecule has 1 amide bonds. The molecule has 20 heavy (non-hydrogen) atoms. The fraction of sp³-hybridized carbons (Fsp3) is 0.200. The first kappa shape index (κ1) is 12.5. The van der Waals surface area contributed by atoms with Crippen molar-refractivity contribution in [2.45, 2.75) is 5.92 Å². The van der Waals surface area contributed by atoms with Crippen molar-refractivity contribution in [1.82, 2.24) is 4.57 Å². The van der Waals surface area contributed by atoms with Crippen LogP contribution < -0.4 is 16.2 Å². The minimum Gasteiger partial charge on any atom is -0.384 e. The highest BCUT2D eigenvalue weighted by molar-refractivity contribution is 5.98. The Bertz CT molecular complexity index is 721. The number of carbonyl (C=O) groups is 1. The lowest BCUT2D eigenvalue weighted by molar-refractivity contribution is -0.117. The molecule has 102 valence electrons. The van der Waals surface area contributed by atoms with Gasteiger partial charge >= 0.3 is 0 Å². The van der Waals surface area contributed by atoms with Crippen LogP contribution in [0.1, 0.15) is 11.5 Å². The van der Waals surface area contributed by atoms with Gasteiger partial charge in [-0.25, -0.2) is 0 Å². The van der Waals surface area contributed by atoms with E-state index < -0.39 is 0 Å². The monoisotopic (exact) mass is 269 g/mol. The second kappa shape index (κ2) is 4.85. The van der Waals surface area contributed by atoms with Gasteiger partial charge in [-0.15, -0.1) is 0 Å². The van der Waals surface area contributed by atoms with Crippen molar-refractivity contribution in [2.75, 3.05) is 17.2 Å². The normalized spacial score (nSPS) is 16.4. The van der Waals surface area contributed by atoms with Crippen LogP contribution in [0.4, 0.5) is 11.4 Å². The van der Waals surface area contributed by atoms with Crippen molar-refractivity contribution in [1.29, 1.82) is 0 Å². The van der Waals surface area contributed by atoms with E-state index in [9.17, 15) is 9.59 Å². The Morgan fingerprint density at radius 3 is 2.90 bits per heavy atom. The molecular weight excluding hydrogens is 254 g/mol. The smallest absolute Gasteiger partial charge is 0.250 e. The van der Waals surface area contributed by atoms with Crippen molar-refractivity contribution in [2.24, 2.45) is 7.05 Å². The SMILES string of the molecule is Cn1cc(NC(=O)C2CNc3ccccc32)ccc1=O.